The van der Waals surface area contributed by atoms with Crippen molar-refractivity contribution in [2.45, 2.75) is 60.8 Å². The van der Waals surface area contributed by atoms with Crippen LogP contribution in [-0.4, -0.2) is 25.0 Å². The lowest BCUT2D eigenvalue weighted by Gasteiger charge is -2.34. The monoisotopic (exact) mass is 334 g/mol. The molecule has 0 aromatic heterocycles. The van der Waals surface area contributed by atoms with Crippen molar-refractivity contribution in [2.75, 3.05) is 13.1 Å². The number of rotatable bonds is 7. The van der Waals surface area contributed by atoms with Crippen molar-refractivity contribution in [1.29, 1.82) is 0 Å². The molecule has 0 aromatic rings. The maximum Gasteiger partial charge on any atom is 0.338 e. The second kappa shape index (κ2) is 9.93. The number of guanidine groups is 1. The first-order chi connectivity index (χ1) is 9.43. The van der Waals surface area contributed by atoms with Crippen molar-refractivity contribution < 1.29 is 22.2 Å². The van der Waals surface area contributed by atoms with Crippen LogP contribution in [0.3, 0.4) is 0 Å². The Morgan fingerprint density at radius 2 is 1.64 bits per heavy atom. The molecule has 0 bridgehead atoms. The lowest BCUT2D eigenvalue weighted by Crippen LogP contribution is -3.00. The second-order valence-electron chi connectivity index (χ2n) is 8.06. The molecule has 0 fully saturated rings. The van der Waals surface area contributed by atoms with Crippen LogP contribution in [0.5, 0.6) is 0 Å². The molecule has 1 unspecified atom stereocenters. The number of hydrogen-bond donors (Lipinski definition) is 4. The van der Waals surface area contributed by atoms with E-state index >= 15 is 0 Å². The molecule has 1 amide bonds. The minimum atomic E-state index is -0.0259. The summed E-state index contributed by atoms with van der Waals surface area (Å²) in [5.41, 5.74) is 10.8. The van der Waals surface area contributed by atoms with Crippen molar-refractivity contribution in [3.63, 3.8) is 0 Å². The van der Waals surface area contributed by atoms with E-state index in [2.05, 4.69) is 51.9 Å². The standard InChI is InChI=1S/C16H34N4O.ClH/c1-15(2,3)11-12(16(4,5)6)13(21)19-9-7-8-10-20-14(17)18;/h12H,7-11H2,1-6H3,(H,19,21)(H4,17,18,20);1H. The third-order valence-corrected chi connectivity index (χ3v) is 3.41. The highest BCUT2D eigenvalue weighted by atomic mass is 35.5. The van der Waals surface area contributed by atoms with Gasteiger partial charge in [-0.2, -0.15) is 0 Å². The summed E-state index contributed by atoms with van der Waals surface area (Å²) < 4.78 is 0. The van der Waals surface area contributed by atoms with Gasteiger partial charge in [-0.15, -0.1) is 0 Å². The Balaban J connectivity index is 0. The van der Waals surface area contributed by atoms with Crippen molar-refractivity contribution in [3.05, 3.63) is 0 Å². The maximum atomic E-state index is 12.4. The van der Waals surface area contributed by atoms with Crippen molar-refractivity contribution in [1.82, 2.24) is 5.32 Å². The fourth-order valence-corrected chi connectivity index (χ4v) is 2.22. The number of carbonyl (C=O) groups is 1. The first kappa shape index (κ1) is 23.3. The van der Waals surface area contributed by atoms with Crippen LogP contribution in [0.2, 0.25) is 0 Å². The van der Waals surface area contributed by atoms with Gasteiger partial charge < -0.3 is 17.7 Å². The van der Waals surface area contributed by atoms with E-state index < -0.39 is 0 Å². The Bertz CT molecular complexity index is 352. The molecule has 1 atom stereocenters. The van der Waals surface area contributed by atoms with Gasteiger partial charge in [-0.3, -0.25) is 21.3 Å². The van der Waals surface area contributed by atoms with Gasteiger partial charge in [-0.1, -0.05) is 41.5 Å². The quantitative estimate of drug-likeness (QED) is 0.232. The maximum absolute atomic E-state index is 12.4. The molecule has 6 heteroatoms. The summed E-state index contributed by atoms with van der Waals surface area (Å²) in [6, 6.07) is 0. The van der Waals surface area contributed by atoms with Crippen LogP contribution < -0.4 is 34.2 Å². The van der Waals surface area contributed by atoms with Crippen LogP contribution >= 0.6 is 0 Å². The zero-order valence-corrected chi connectivity index (χ0v) is 15.8. The van der Waals surface area contributed by atoms with Gasteiger partial charge in [0.05, 0.1) is 6.54 Å². The predicted molar refractivity (Wildman–Crippen MR) is 88.5 cm³/mol. The topological polar surface area (TPSA) is 95.1 Å². The van der Waals surface area contributed by atoms with E-state index in [0.29, 0.717) is 6.54 Å². The zero-order valence-electron chi connectivity index (χ0n) is 15.1. The first-order valence-corrected chi connectivity index (χ1v) is 7.83. The fraction of sp³-hybridized carbons (Fsp3) is 0.875. The van der Waals surface area contributed by atoms with Gasteiger partial charge in [0.2, 0.25) is 5.91 Å². The average Bonchev–Trinajstić information content (AvgIpc) is 2.27. The smallest absolute Gasteiger partial charge is 0.338 e. The van der Waals surface area contributed by atoms with E-state index in [4.69, 9.17) is 11.5 Å². The number of carbonyl (C=O) groups excluding carboxylic acids is 1. The molecule has 0 aliphatic rings. The van der Waals surface area contributed by atoms with Crippen LogP contribution in [0.4, 0.5) is 0 Å². The van der Waals surface area contributed by atoms with Gasteiger partial charge in [0.15, 0.2) is 0 Å². The molecule has 22 heavy (non-hydrogen) atoms. The van der Waals surface area contributed by atoms with Crippen LogP contribution in [-0.2, 0) is 4.79 Å². The normalized spacial score (nSPS) is 13.0. The van der Waals surface area contributed by atoms with E-state index in [1.807, 2.05) is 0 Å². The molecule has 0 aromatic carbocycles. The van der Waals surface area contributed by atoms with Crippen molar-refractivity contribution in [3.8, 4) is 0 Å². The zero-order chi connectivity index (χ0) is 16.7. The number of nitrogens with one attached hydrogen (secondary N) is 2. The van der Waals surface area contributed by atoms with Crippen molar-refractivity contribution in [2.24, 2.45) is 28.2 Å². The Labute approximate surface area is 142 Å². The molecule has 0 rings (SSSR count). The third kappa shape index (κ3) is 11.7. The summed E-state index contributed by atoms with van der Waals surface area (Å²) in [6.07, 6.45) is 2.73. The summed E-state index contributed by atoms with van der Waals surface area (Å²) in [4.78, 5) is 15.3. The molecule has 0 aliphatic heterocycles. The lowest BCUT2D eigenvalue weighted by atomic mass is 9.71. The van der Waals surface area contributed by atoms with E-state index in [0.717, 1.165) is 25.8 Å². The van der Waals surface area contributed by atoms with Crippen LogP contribution in [0.1, 0.15) is 60.8 Å². The summed E-state index contributed by atoms with van der Waals surface area (Å²) >= 11 is 0. The van der Waals surface area contributed by atoms with Gasteiger partial charge >= 0.3 is 5.96 Å². The Kier molecular flexibility index (Phi) is 10.5. The van der Waals surface area contributed by atoms with E-state index in [1.54, 1.807) is 0 Å². The van der Waals surface area contributed by atoms with E-state index in [1.165, 1.54) is 0 Å². The van der Waals surface area contributed by atoms with Gasteiger partial charge in [0, 0.05) is 12.5 Å². The van der Waals surface area contributed by atoms with Gasteiger partial charge in [0.25, 0.3) is 0 Å². The molecule has 5 nitrogen and oxygen atoms in total. The molecule has 0 saturated heterocycles. The Morgan fingerprint density at radius 1 is 1.09 bits per heavy atom. The Hall–Kier alpha value is -0.970. The molecule has 0 aliphatic carbocycles. The summed E-state index contributed by atoms with van der Waals surface area (Å²) in [7, 11) is 0. The minimum Gasteiger partial charge on any atom is -1.00 e. The highest BCUT2D eigenvalue weighted by molar-refractivity contribution is 5.79. The molecule has 0 spiro atoms. The number of nitrogens with two attached hydrogens (primary N) is 2. The van der Waals surface area contributed by atoms with E-state index in [-0.39, 0.29) is 41.0 Å². The molecular formula is C16H35ClN4O. The second-order valence-corrected chi connectivity index (χ2v) is 8.06. The summed E-state index contributed by atoms with van der Waals surface area (Å²) in [5.74, 6) is 0.441. The summed E-state index contributed by atoms with van der Waals surface area (Å²) in [6.45, 7) is 14.4. The average molecular weight is 335 g/mol. The molecule has 0 saturated carbocycles. The minimum absolute atomic E-state index is 0. The molecule has 0 radical (unpaired) electrons. The van der Waals surface area contributed by atoms with Crippen LogP contribution in [0.15, 0.2) is 0 Å². The number of unbranched alkanes of at least 4 members (excludes halogenated alkanes) is 1. The first-order valence-electron chi connectivity index (χ1n) is 7.83. The molecular weight excluding hydrogens is 300 g/mol. The Morgan fingerprint density at radius 3 is 2.05 bits per heavy atom. The van der Waals surface area contributed by atoms with Crippen LogP contribution in [0, 0.1) is 16.7 Å². The number of amides is 1. The molecule has 0 heterocycles. The molecule has 132 valence electrons. The highest BCUT2D eigenvalue weighted by Gasteiger charge is 2.34. The van der Waals surface area contributed by atoms with E-state index in [9.17, 15) is 4.79 Å². The van der Waals surface area contributed by atoms with Crippen molar-refractivity contribution >= 4 is 11.9 Å². The van der Waals surface area contributed by atoms with Gasteiger partial charge in [0.1, 0.15) is 0 Å². The van der Waals surface area contributed by atoms with Gasteiger partial charge in [-0.05, 0) is 30.1 Å². The van der Waals surface area contributed by atoms with Gasteiger partial charge in [-0.25, -0.2) is 0 Å². The third-order valence-electron chi connectivity index (χ3n) is 3.41. The number of halogens is 1. The summed E-state index contributed by atoms with van der Waals surface area (Å²) in [5, 5.41) is 3.06. The lowest BCUT2D eigenvalue weighted by molar-refractivity contribution is -0.459. The largest absolute Gasteiger partial charge is 1.00 e. The SMILES string of the molecule is CC(C)(C)CC(C(=O)NCCCC[NH+]=C(N)N)C(C)(C)C.[Cl-]. The predicted octanol–water partition coefficient (Wildman–Crippen LogP) is -2.66. The highest BCUT2D eigenvalue weighted by Crippen LogP contribution is 2.36. The molecule has 6 N–H and O–H groups in total. The fourth-order valence-electron chi connectivity index (χ4n) is 2.22. The number of hydrogen-bond acceptors (Lipinski definition) is 1. The van der Waals surface area contributed by atoms with Crippen LogP contribution in [0.25, 0.3) is 0 Å².